The SMILES string of the molecule is COc1cc(C)c(-c2n[nH]c(C)c2Br)cc1C(C)C. The molecule has 1 N–H and O–H groups in total. The predicted molar refractivity (Wildman–Crippen MR) is 81.8 cm³/mol. The monoisotopic (exact) mass is 322 g/mol. The van der Waals surface area contributed by atoms with Crippen LogP contribution in [0.1, 0.15) is 36.6 Å². The molecule has 1 aromatic heterocycles. The van der Waals surface area contributed by atoms with Crippen molar-refractivity contribution in [3.05, 3.63) is 33.4 Å². The van der Waals surface area contributed by atoms with Crippen LogP contribution in [0.3, 0.4) is 0 Å². The summed E-state index contributed by atoms with van der Waals surface area (Å²) in [5.74, 6) is 1.35. The number of ether oxygens (including phenoxy) is 1. The average molecular weight is 323 g/mol. The molecule has 0 aliphatic carbocycles. The number of aromatic amines is 1. The lowest BCUT2D eigenvalue weighted by Crippen LogP contribution is -1.97. The first-order valence-corrected chi connectivity index (χ1v) is 7.14. The van der Waals surface area contributed by atoms with Crippen molar-refractivity contribution in [2.24, 2.45) is 0 Å². The summed E-state index contributed by atoms with van der Waals surface area (Å²) in [6.07, 6.45) is 0. The van der Waals surface area contributed by atoms with Crippen molar-refractivity contribution in [2.45, 2.75) is 33.6 Å². The topological polar surface area (TPSA) is 37.9 Å². The summed E-state index contributed by atoms with van der Waals surface area (Å²) < 4.78 is 6.50. The summed E-state index contributed by atoms with van der Waals surface area (Å²) in [6, 6.07) is 4.26. The molecule has 0 radical (unpaired) electrons. The summed E-state index contributed by atoms with van der Waals surface area (Å²) in [7, 11) is 1.72. The van der Waals surface area contributed by atoms with Gasteiger partial charge in [0, 0.05) is 11.3 Å². The molecule has 0 bridgehead atoms. The Morgan fingerprint density at radius 3 is 2.42 bits per heavy atom. The lowest BCUT2D eigenvalue weighted by atomic mass is 9.95. The molecule has 1 heterocycles. The lowest BCUT2D eigenvalue weighted by molar-refractivity contribution is 0.407. The summed E-state index contributed by atoms with van der Waals surface area (Å²) in [6.45, 7) is 8.42. The Morgan fingerprint density at radius 1 is 1.26 bits per heavy atom. The number of rotatable bonds is 3. The van der Waals surface area contributed by atoms with Crippen molar-refractivity contribution in [2.75, 3.05) is 7.11 Å². The fourth-order valence-electron chi connectivity index (χ4n) is 2.18. The van der Waals surface area contributed by atoms with E-state index in [-0.39, 0.29) is 0 Å². The van der Waals surface area contributed by atoms with Gasteiger partial charge in [-0.25, -0.2) is 0 Å². The second-order valence-corrected chi connectivity index (χ2v) is 5.87. The first-order chi connectivity index (χ1) is 8.95. The Hall–Kier alpha value is -1.29. The van der Waals surface area contributed by atoms with Gasteiger partial charge in [0.25, 0.3) is 0 Å². The fourth-order valence-corrected chi connectivity index (χ4v) is 2.57. The Balaban J connectivity index is 2.64. The lowest BCUT2D eigenvalue weighted by Gasteiger charge is -2.15. The number of nitrogens with zero attached hydrogens (tertiary/aromatic N) is 1. The van der Waals surface area contributed by atoms with Gasteiger partial charge < -0.3 is 4.74 Å². The zero-order valence-corrected chi connectivity index (χ0v) is 13.6. The molecular weight excluding hydrogens is 304 g/mol. The van der Waals surface area contributed by atoms with E-state index in [1.54, 1.807) is 7.11 Å². The van der Waals surface area contributed by atoms with Gasteiger partial charge in [-0.15, -0.1) is 0 Å². The molecule has 3 nitrogen and oxygen atoms in total. The van der Waals surface area contributed by atoms with E-state index in [0.29, 0.717) is 5.92 Å². The van der Waals surface area contributed by atoms with Crippen molar-refractivity contribution in [1.82, 2.24) is 10.2 Å². The highest BCUT2D eigenvalue weighted by molar-refractivity contribution is 9.10. The molecule has 0 aliphatic heterocycles. The molecule has 102 valence electrons. The Labute approximate surface area is 122 Å². The highest BCUT2D eigenvalue weighted by atomic mass is 79.9. The van der Waals surface area contributed by atoms with Crippen molar-refractivity contribution in [1.29, 1.82) is 0 Å². The average Bonchev–Trinajstić information content (AvgIpc) is 2.69. The van der Waals surface area contributed by atoms with Crippen LogP contribution >= 0.6 is 15.9 Å². The minimum Gasteiger partial charge on any atom is -0.496 e. The molecule has 1 aromatic carbocycles. The van der Waals surface area contributed by atoms with Crippen molar-refractivity contribution < 1.29 is 4.74 Å². The second kappa shape index (κ2) is 5.37. The first kappa shape index (κ1) is 14.1. The van der Waals surface area contributed by atoms with Crippen molar-refractivity contribution in [3.8, 4) is 17.0 Å². The maximum atomic E-state index is 5.47. The Bertz CT molecular complexity index is 602. The quantitative estimate of drug-likeness (QED) is 0.897. The standard InChI is InChI=1S/C15H19BrN2O/c1-8(2)11-7-12(9(3)6-13(11)19-5)15-14(16)10(4)17-18-15/h6-8H,1-5H3,(H,17,18). The molecule has 0 fully saturated rings. The molecule has 4 heteroatoms. The van der Waals surface area contributed by atoms with Gasteiger partial charge in [-0.2, -0.15) is 5.10 Å². The van der Waals surface area contributed by atoms with Crippen LogP contribution in [0.2, 0.25) is 0 Å². The zero-order valence-electron chi connectivity index (χ0n) is 12.0. The van der Waals surface area contributed by atoms with Crippen LogP contribution in [0, 0.1) is 13.8 Å². The fraction of sp³-hybridized carbons (Fsp3) is 0.400. The largest absolute Gasteiger partial charge is 0.496 e. The molecule has 0 unspecified atom stereocenters. The number of methoxy groups -OCH3 is 1. The number of halogens is 1. The number of hydrogen-bond acceptors (Lipinski definition) is 2. The van der Waals surface area contributed by atoms with Gasteiger partial charge in [0.1, 0.15) is 11.4 Å². The number of hydrogen-bond donors (Lipinski definition) is 1. The Morgan fingerprint density at radius 2 is 1.95 bits per heavy atom. The van der Waals surface area contributed by atoms with Crippen molar-refractivity contribution in [3.63, 3.8) is 0 Å². The van der Waals surface area contributed by atoms with Crippen LogP contribution in [0.15, 0.2) is 16.6 Å². The molecule has 2 rings (SSSR count). The third kappa shape index (κ3) is 2.54. The van der Waals surface area contributed by atoms with E-state index in [0.717, 1.165) is 32.7 Å². The van der Waals surface area contributed by atoms with Gasteiger partial charge in [-0.1, -0.05) is 13.8 Å². The van der Waals surface area contributed by atoms with Crippen LogP contribution in [0.4, 0.5) is 0 Å². The van der Waals surface area contributed by atoms with E-state index in [1.165, 1.54) is 5.56 Å². The van der Waals surface area contributed by atoms with Crippen LogP contribution in [-0.4, -0.2) is 17.3 Å². The molecular formula is C15H19BrN2O. The molecule has 0 atom stereocenters. The Kier molecular flexibility index (Phi) is 3.99. The van der Waals surface area contributed by atoms with Gasteiger partial charge >= 0.3 is 0 Å². The third-order valence-electron chi connectivity index (χ3n) is 3.33. The predicted octanol–water partition coefficient (Wildman–Crippen LogP) is 4.59. The number of aryl methyl sites for hydroxylation is 2. The molecule has 0 saturated heterocycles. The van der Waals surface area contributed by atoms with E-state index >= 15 is 0 Å². The number of H-pyrrole nitrogens is 1. The minimum absolute atomic E-state index is 0.410. The molecule has 19 heavy (non-hydrogen) atoms. The smallest absolute Gasteiger partial charge is 0.122 e. The first-order valence-electron chi connectivity index (χ1n) is 6.35. The summed E-state index contributed by atoms with van der Waals surface area (Å²) in [4.78, 5) is 0. The van der Waals surface area contributed by atoms with Gasteiger partial charge in [0.2, 0.25) is 0 Å². The second-order valence-electron chi connectivity index (χ2n) is 5.07. The van der Waals surface area contributed by atoms with Gasteiger partial charge in [0.15, 0.2) is 0 Å². The minimum atomic E-state index is 0.410. The normalized spacial score (nSPS) is 11.1. The highest BCUT2D eigenvalue weighted by Gasteiger charge is 2.16. The van der Waals surface area contributed by atoms with Gasteiger partial charge in [-0.05, 0) is 59.0 Å². The maximum Gasteiger partial charge on any atom is 0.122 e. The van der Waals surface area contributed by atoms with E-state index in [9.17, 15) is 0 Å². The molecule has 0 amide bonds. The van der Waals surface area contributed by atoms with Crippen molar-refractivity contribution >= 4 is 15.9 Å². The number of aromatic nitrogens is 2. The summed E-state index contributed by atoms with van der Waals surface area (Å²) in [5.41, 5.74) is 5.50. The number of nitrogens with one attached hydrogen (secondary N) is 1. The molecule has 0 saturated carbocycles. The summed E-state index contributed by atoms with van der Waals surface area (Å²) >= 11 is 3.59. The summed E-state index contributed by atoms with van der Waals surface area (Å²) in [5, 5.41) is 7.40. The third-order valence-corrected chi connectivity index (χ3v) is 4.30. The van der Waals surface area contributed by atoms with Crippen LogP contribution in [0.25, 0.3) is 11.3 Å². The van der Waals surface area contributed by atoms with Gasteiger partial charge in [0.05, 0.1) is 11.6 Å². The van der Waals surface area contributed by atoms with E-state index in [2.05, 4.69) is 59.0 Å². The zero-order chi connectivity index (χ0) is 14.2. The number of benzene rings is 1. The van der Waals surface area contributed by atoms with E-state index < -0.39 is 0 Å². The molecule has 0 aliphatic rings. The van der Waals surface area contributed by atoms with Gasteiger partial charge in [-0.3, -0.25) is 5.10 Å². The molecule has 0 spiro atoms. The maximum absolute atomic E-state index is 5.47. The highest BCUT2D eigenvalue weighted by Crippen LogP contribution is 2.36. The van der Waals surface area contributed by atoms with Crippen LogP contribution < -0.4 is 4.74 Å². The van der Waals surface area contributed by atoms with Crippen LogP contribution in [0.5, 0.6) is 5.75 Å². The van der Waals surface area contributed by atoms with E-state index in [1.807, 2.05) is 6.92 Å². The van der Waals surface area contributed by atoms with E-state index in [4.69, 9.17) is 4.74 Å². The van der Waals surface area contributed by atoms with Crippen LogP contribution in [-0.2, 0) is 0 Å². The molecule has 2 aromatic rings.